The lowest BCUT2D eigenvalue weighted by Gasteiger charge is -2.07. The molecule has 58 valence electrons. The topological polar surface area (TPSA) is 12.4 Å². The molecule has 10 heavy (non-hydrogen) atoms. The monoisotopic (exact) mass is 169 g/mol. The van der Waals surface area contributed by atoms with Crippen LogP contribution in [0, 0.1) is 0 Å². The van der Waals surface area contributed by atoms with Crippen molar-refractivity contribution in [1.82, 2.24) is 0 Å². The first-order valence-electron chi connectivity index (χ1n) is 2.59. The molecule has 0 amide bonds. The van der Waals surface area contributed by atoms with Gasteiger partial charge in [-0.25, -0.2) is 4.99 Å². The summed E-state index contributed by atoms with van der Waals surface area (Å²) in [4.78, 5) is 3.25. The quantitative estimate of drug-likeness (QED) is 0.456. The second-order valence-electron chi connectivity index (χ2n) is 1.89. The molecule has 0 radical (unpaired) electrons. The van der Waals surface area contributed by atoms with E-state index in [9.17, 15) is 13.2 Å². The van der Waals surface area contributed by atoms with Gasteiger partial charge in [-0.1, -0.05) is 0 Å². The van der Waals surface area contributed by atoms with Gasteiger partial charge in [-0.05, 0) is 19.1 Å². The van der Waals surface area contributed by atoms with Gasteiger partial charge in [-0.15, -0.1) is 0 Å². The molecule has 0 bridgehead atoms. The maximum absolute atomic E-state index is 11.5. The third kappa shape index (κ3) is 5.72. The fraction of sp³-hybridized carbons (Fsp3) is 0.800. The van der Waals surface area contributed by atoms with Crippen molar-refractivity contribution < 1.29 is 13.2 Å². The highest BCUT2D eigenvalue weighted by Crippen LogP contribution is 2.22. The molecule has 0 aliphatic carbocycles. The van der Waals surface area contributed by atoms with Crippen molar-refractivity contribution in [1.29, 1.82) is 0 Å². The molecule has 0 aliphatic rings. The van der Waals surface area contributed by atoms with Gasteiger partial charge in [0.25, 0.3) is 0 Å². The number of thiocarbonyl (C=S) groups is 1. The van der Waals surface area contributed by atoms with E-state index in [1.807, 2.05) is 5.16 Å². The predicted molar refractivity (Wildman–Crippen MR) is 35.2 cm³/mol. The van der Waals surface area contributed by atoms with Gasteiger partial charge in [0.15, 0.2) is 0 Å². The van der Waals surface area contributed by atoms with Crippen molar-refractivity contribution in [3.63, 3.8) is 0 Å². The summed E-state index contributed by atoms with van der Waals surface area (Å²) in [6.07, 6.45) is -5.09. The Hall–Kier alpha value is -0.410. The van der Waals surface area contributed by atoms with Crippen LogP contribution in [0.5, 0.6) is 0 Å². The van der Waals surface area contributed by atoms with E-state index in [0.29, 0.717) is 0 Å². The number of isothiocyanates is 1. The van der Waals surface area contributed by atoms with Crippen molar-refractivity contribution in [2.45, 2.75) is 25.6 Å². The summed E-state index contributed by atoms with van der Waals surface area (Å²) in [6, 6.07) is -0.808. The predicted octanol–water partition coefficient (Wildman–Crippen LogP) is 2.43. The van der Waals surface area contributed by atoms with Gasteiger partial charge in [0, 0.05) is 0 Å². The lowest BCUT2D eigenvalue weighted by molar-refractivity contribution is -0.137. The molecule has 0 rings (SSSR count). The molecule has 0 heterocycles. The number of alkyl halides is 3. The number of hydrogen-bond acceptors (Lipinski definition) is 2. The van der Waals surface area contributed by atoms with E-state index in [1.54, 1.807) is 0 Å². The van der Waals surface area contributed by atoms with Crippen LogP contribution in [-0.4, -0.2) is 17.4 Å². The van der Waals surface area contributed by atoms with Crippen LogP contribution in [0.25, 0.3) is 0 Å². The molecule has 1 atom stereocenters. The van der Waals surface area contributed by atoms with E-state index >= 15 is 0 Å². The highest BCUT2D eigenvalue weighted by molar-refractivity contribution is 7.78. The smallest absolute Gasteiger partial charge is 0.229 e. The Morgan fingerprint density at radius 2 is 2.10 bits per heavy atom. The van der Waals surface area contributed by atoms with Gasteiger partial charge in [0.1, 0.15) is 0 Å². The Labute approximate surface area is 61.9 Å². The Bertz CT molecular complexity index is 147. The number of halogens is 3. The molecule has 0 aromatic carbocycles. The molecule has 0 N–H and O–H groups in total. The van der Waals surface area contributed by atoms with Gasteiger partial charge >= 0.3 is 6.18 Å². The summed E-state index contributed by atoms with van der Waals surface area (Å²) < 4.78 is 34.5. The van der Waals surface area contributed by atoms with Gasteiger partial charge < -0.3 is 0 Å². The van der Waals surface area contributed by atoms with Crippen molar-refractivity contribution in [3.8, 4) is 0 Å². The lowest BCUT2D eigenvalue weighted by atomic mass is 10.2. The van der Waals surface area contributed by atoms with Crippen molar-refractivity contribution in [3.05, 3.63) is 0 Å². The van der Waals surface area contributed by atoms with E-state index in [0.717, 1.165) is 0 Å². The Morgan fingerprint density at radius 1 is 1.60 bits per heavy atom. The molecule has 0 spiro atoms. The minimum Gasteiger partial charge on any atom is -0.229 e. The number of nitrogens with zero attached hydrogens (tertiary/aromatic N) is 1. The first-order valence-corrected chi connectivity index (χ1v) is 3.00. The summed E-state index contributed by atoms with van der Waals surface area (Å²) in [7, 11) is 0. The first-order chi connectivity index (χ1) is 4.45. The van der Waals surface area contributed by atoms with E-state index in [1.165, 1.54) is 6.92 Å². The van der Waals surface area contributed by atoms with Crippen molar-refractivity contribution in [2.24, 2.45) is 4.99 Å². The van der Waals surface area contributed by atoms with Crippen LogP contribution in [0.4, 0.5) is 13.2 Å². The zero-order valence-corrected chi connectivity index (χ0v) is 6.09. The molecule has 0 saturated carbocycles. The molecular weight excluding hydrogens is 163 g/mol. The van der Waals surface area contributed by atoms with Crippen LogP contribution in [-0.2, 0) is 0 Å². The average Bonchev–Trinajstić information content (AvgIpc) is 1.59. The molecule has 0 fully saturated rings. The third-order valence-corrected chi connectivity index (χ3v) is 0.905. The van der Waals surface area contributed by atoms with Crippen LogP contribution in [0.3, 0.4) is 0 Å². The normalized spacial score (nSPS) is 14.0. The number of aliphatic imine (C=N–C) groups is 1. The minimum atomic E-state index is -4.16. The molecule has 5 heteroatoms. The molecular formula is C5H6F3NS. The Morgan fingerprint density at radius 3 is 2.40 bits per heavy atom. The van der Waals surface area contributed by atoms with Gasteiger partial charge in [0.2, 0.25) is 0 Å². The average molecular weight is 169 g/mol. The largest absolute Gasteiger partial charge is 0.391 e. The van der Waals surface area contributed by atoms with Crippen LogP contribution >= 0.6 is 12.2 Å². The molecule has 1 unspecified atom stereocenters. The maximum Gasteiger partial charge on any atom is 0.391 e. The summed E-state index contributed by atoms with van der Waals surface area (Å²) >= 11 is 4.13. The van der Waals surface area contributed by atoms with Crippen LogP contribution in [0.2, 0.25) is 0 Å². The van der Waals surface area contributed by atoms with Crippen molar-refractivity contribution >= 4 is 17.4 Å². The van der Waals surface area contributed by atoms with Crippen LogP contribution in [0.15, 0.2) is 4.99 Å². The SMILES string of the molecule is CC(CC(F)(F)F)N=C=S. The standard InChI is InChI=1S/C5H6F3NS/c1-4(9-3-10)2-5(6,7)8/h4H,2H2,1H3. The lowest BCUT2D eigenvalue weighted by Crippen LogP contribution is -2.14. The molecule has 1 nitrogen and oxygen atoms in total. The van der Waals surface area contributed by atoms with E-state index in [2.05, 4.69) is 17.2 Å². The summed E-state index contributed by atoms with van der Waals surface area (Å²) in [5.74, 6) is 0. The first kappa shape index (κ1) is 9.59. The molecule has 0 aromatic rings. The van der Waals surface area contributed by atoms with Crippen LogP contribution < -0.4 is 0 Å². The molecule has 0 aliphatic heterocycles. The second kappa shape index (κ2) is 3.68. The Kier molecular flexibility index (Phi) is 3.53. The van der Waals surface area contributed by atoms with Crippen molar-refractivity contribution in [2.75, 3.05) is 0 Å². The summed E-state index contributed by atoms with van der Waals surface area (Å²) in [5.41, 5.74) is 0. The van der Waals surface area contributed by atoms with Crippen LogP contribution in [0.1, 0.15) is 13.3 Å². The van der Waals surface area contributed by atoms with E-state index in [4.69, 9.17) is 0 Å². The summed E-state index contributed by atoms with van der Waals surface area (Å²) in [5, 5.41) is 1.90. The van der Waals surface area contributed by atoms with E-state index < -0.39 is 18.6 Å². The maximum atomic E-state index is 11.5. The number of rotatable bonds is 2. The van der Waals surface area contributed by atoms with E-state index in [-0.39, 0.29) is 0 Å². The molecule has 0 saturated heterocycles. The van der Waals surface area contributed by atoms with Gasteiger partial charge in [-0.3, -0.25) is 0 Å². The highest BCUT2D eigenvalue weighted by atomic mass is 32.1. The highest BCUT2D eigenvalue weighted by Gasteiger charge is 2.29. The molecule has 0 aromatic heterocycles. The fourth-order valence-electron chi connectivity index (χ4n) is 0.471. The summed E-state index contributed by atoms with van der Waals surface area (Å²) in [6.45, 7) is 1.34. The minimum absolute atomic E-state index is 0.808. The zero-order valence-electron chi connectivity index (χ0n) is 5.27. The van der Waals surface area contributed by atoms with Gasteiger partial charge in [0.05, 0.1) is 17.6 Å². The number of hydrogen-bond donors (Lipinski definition) is 0. The fourth-order valence-corrected chi connectivity index (χ4v) is 0.651. The Balaban J connectivity index is 3.79. The zero-order chi connectivity index (χ0) is 8.20. The van der Waals surface area contributed by atoms with Gasteiger partial charge in [-0.2, -0.15) is 13.2 Å². The second-order valence-corrected chi connectivity index (χ2v) is 2.07. The third-order valence-electron chi connectivity index (χ3n) is 0.800.